The minimum atomic E-state index is -0.324. The molecule has 1 heterocycles. The molecular formula is C19H23FN2O3. The molecule has 2 fully saturated rings. The molecule has 25 heavy (non-hydrogen) atoms. The molecule has 1 aliphatic carbocycles. The highest BCUT2D eigenvalue weighted by atomic mass is 19.1. The average molecular weight is 346 g/mol. The van der Waals surface area contributed by atoms with E-state index in [9.17, 15) is 18.8 Å². The van der Waals surface area contributed by atoms with Crippen LogP contribution in [0.1, 0.15) is 50.6 Å². The van der Waals surface area contributed by atoms with E-state index in [1.54, 1.807) is 12.1 Å². The van der Waals surface area contributed by atoms with Gasteiger partial charge in [0.15, 0.2) is 0 Å². The summed E-state index contributed by atoms with van der Waals surface area (Å²) in [5, 5.41) is 2.82. The van der Waals surface area contributed by atoms with Crippen LogP contribution in [0.2, 0.25) is 0 Å². The van der Waals surface area contributed by atoms with Crippen LogP contribution >= 0.6 is 0 Å². The van der Waals surface area contributed by atoms with Crippen LogP contribution in [0.5, 0.6) is 0 Å². The fraction of sp³-hybridized carbons (Fsp3) is 0.526. The summed E-state index contributed by atoms with van der Waals surface area (Å²) in [5.41, 5.74) is 0.800. The Morgan fingerprint density at radius 1 is 1.16 bits per heavy atom. The highest BCUT2D eigenvalue weighted by Crippen LogP contribution is 2.37. The van der Waals surface area contributed by atoms with E-state index in [1.165, 1.54) is 17.0 Å². The van der Waals surface area contributed by atoms with Crippen LogP contribution in [0, 0.1) is 17.7 Å². The summed E-state index contributed by atoms with van der Waals surface area (Å²) in [6.45, 7) is 1.94. The van der Waals surface area contributed by atoms with E-state index in [0.717, 1.165) is 31.2 Å². The van der Waals surface area contributed by atoms with Crippen molar-refractivity contribution in [1.82, 2.24) is 10.2 Å². The first-order chi connectivity index (χ1) is 12.0. The quantitative estimate of drug-likeness (QED) is 0.833. The van der Waals surface area contributed by atoms with Crippen LogP contribution in [-0.4, -0.2) is 29.2 Å². The molecule has 1 saturated carbocycles. The van der Waals surface area contributed by atoms with E-state index in [2.05, 4.69) is 5.32 Å². The van der Waals surface area contributed by atoms with Crippen molar-refractivity contribution < 1.29 is 18.8 Å². The number of rotatable bonds is 5. The van der Waals surface area contributed by atoms with Gasteiger partial charge in [0, 0.05) is 13.0 Å². The van der Waals surface area contributed by atoms with E-state index < -0.39 is 0 Å². The van der Waals surface area contributed by atoms with Gasteiger partial charge in [0.1, 0.15) is 5.82 Å². The maximum Gasteiger partial charge on any atom is 0.233 e. The molecule has 0 unspecified atom stereocenters. The van der Waals surface area contributed by atoms with E-state index in [0.29, 0.717) is 0 Å². The fourth-order valence-electron chi connectivity index (χ4n) is 3.81. The highest BCUT2D eigenvalue weighted by molar-refractivity contribution is 6.05. The number of benzene rings is 1. The minimum Gasteiger partial charge on any atom is -0.350 e. The van der Waals surface area contributed by atoms with Crippen molar-refractivity contribution in [2.24, 2.45) is 11.8 Å². The van der Waals surface area contributed by atoms with Gasteiger partial charge in [0.05, 0.1) is 17.9 Å². The second-order valence-corrected chi connectivity index (χ2v) is 6.92. The van der Waals surface area contributed by atoms with Crippen molar-refractivity contribution in [2.45, 2.75) is 45.1 Å². The Bertz CT molecular complexity index is 650. The number of hydrogen-bond donors (Lipinski definition) is 1. The predicted molar refractivity (Wildman–Crippen MR) is 89.7 cm³/mol. The monoisotopic (exact) mass is 346 g/mol. The van der Waals surface area contributed by atoms with Gasteiger partial charge in [-0.1, -0.05) is 25.0 Å². The van der Waals surface area contributed by atoms with Crippen LogP contribution in [0.4, 0.5) is 4.39 Å². The maximum absolute atomic E-state index is 12.9. The van der Waals surface area contributed by atoms with Crippen LogP contribution in [0.15, 0.2) is 24.3 Å². The second-order valence-electron chi connectivity index (χ2n) is 6.92. The molecule has 2 aliphatic rings. The molecule has 3 atom stereocenters. The molecule has 1 aliphatic heterocycles. The normalized spacial score (nSPS) is 24.2. The zero-order chi connectivity index (χ0) is 18.0. The van der Waals surface area contributed by atoms with Crippen molar-refractivity contribution in [3.8, 4) is 0 Å². The van der Waals surface area contributed by atoms with Gasteiger partial charge in [-0.25, -0.2) is 4.39 Å². The molecule has 6 heteroatoms. The van der Waals surface area contributed by atoms with E-state index in [1.807, 2.05) is 6.92 Å². The molecule has 0 radical (unpaired) electrons. The van der Waals surface area contributed by atoms with Gasteiger partial charge in [-0.15, -0.1) is 0 Å². The molecule has 1 aromatic carbocycles. The van der Waals surface area contributed by atoms with Gasteiger partial charge in [-0.3, -0.25) is 19.3 Å². The Balaban J connectivity index is 1.52. The maximum atomic E-state index is 12.9. The number of nitrogens with one attached hydrogen (secondary N) is 1. The summed E-state index contributed by atoms with van der Waals surface area (Å²) in [7, 11) is 0. The van der Waals surface area contributed by atoms with Gasteiger partial charge in [0.25, 0.3) is 0 Å². The van der Waals surface area contributed by atoms with E-state index in [4.69, 9.17) is 0 Å². The SMILES string of the molecule is C[C@H](NC(=O)CCN1C(=O)[C@H]2CCCC[C@@H]2C1=O)c1ccc(F)cc1. The molecular weight excluding hydrogens is 323 g/mol. The third-order valence-electron chi connectivity index (χ3n) is 5.24. The fourth-order valence-corrected chi connectivity index (χ4v) is 3.81. The lowest BCUT2D eigenvalue weighted by molar-refractivity contribution is -0.140. The number of nitrogens with zero attached hydrogens (tertiary/aromatic N) is 1. The van der Waals surface area contributed by atoms with Gasteiger partial charge in [0.2, 0.25) is 17.7 Å². The molecule has 3 amide bonds. The second kappa shape index (κ2) is 7.33. The molecule has 0 aromatic heterocycles. The van der Waals surface area contributed by atoms with Crippen LogP contribution in [-0.2, 0) is 14.4 Å². The predicted octanol–water partition coefficient (Wildman–Crippen LogP) is 2.57. The molecule has 1 saturated heterocycles. The Morgan fingerprint density at radius 2 is 1.72 bits per heavy atom. The number of carbonyl (C=O) groups is 3. The summed E-state index contributed by atoms with van der Waals surface area (Å²) in [6, 6.07) is 5.68. The minimum absolute atomic E-state index is 0.0858. The topological polar surface area (TPSA) is 66.5 Å². The van der Waals surface area contributed by atoms with Crippen molar-refractivity contribution in [3.05, 3.63) is 35.6 Å². The summed E-state index contributed by atoms with van der Waals surface area (Å²) in [4.78, 5) is 38.2. The molecule has 0 bridgehead atoms. The number of imide groups is 1. The number of fused-ring (bicyclic) bond motifs is 1. The van der Waals surface area contributed by atoms with Crippen LogP contribution < -0.4 is 5.32 Å². The Labute approximate surface area is 146 Å². The Kier molecular flexibility index (Phi) is 5.16. The molecule has 5 nitrogen and oxygen atoms in total. The van der Waals surface area contributed by atoms with E-state index >= 15 is 0 Å². The molecule has 1 N–H and O–H groups in total. The molecule has 0 spiro atoms. The van der Waals surface area contributed by atoms with Crippen molar-refractivity contribution in [3.63, 3.8) is 0 Å². The van der Waals surface area contributed by atoms with E-state index in [-0.39, 0.29) is 54.4 Å². The first kappa shape index (κ1) is 17.6. The smallest absolute Gasteiger partial charge is 0.233 e. The largest absolute Gasteiger partial charge is 0.350 e. The standard InChI is InChI=1S/C19H23FN2O3/c1-12(13-6-8-14(20)9-7-13)21-17(23)10-11-22-18(24)15-4-2-3-5-16(15)19(22)25/h6-9,12,15-16H,2-5,10-11H2,1H3,(H,21,23)/t12-,15-,16-/m0/s1. The average Bonchev–Trinajstić information content (AvgIpc) is 2.85. The number of halogens is 1. The summed E-state index contributed by atoms with van der Waals surface area (Å²) in [5.74, 6) is -1.14. The van der Waals surface area contributed by atoms with Crippen molar-refractivity contribution >= 4 is 17.7 Å². The van der Waals surface area contributed by atoms with Gasteiger partial charge >= 0.3 is 0 Å². The Morgan fingerprint density at radius 3 is 2.28 bits per heavy atom. The lowest BCUT2D eigenvalue weighted by Gasteiger charge is -2.19. The summed E-state index contributed by atoms with van der Waals surface area (Å²) < 4.78 is 12.9. The zero-order valence-electron chi connectivity index (χ0n) is 14.3. The molecule has 3 rings (SSSR count). The van der Waals surface area contributed by atoms with Gasteiger partial charge in [-0.2, -0.15) is 0 Å². The number of amides is 3. The van der Waals surface area contributed by atoms with Crippen molar-refractivity contribution in [2.75, 3.05) is 6.54 Å². The molecule has 1 aromatic rings. The van der Waals surface area contributed by atoms with Crippen molar-refractivity contribution in [1.29, 1.82) is 0 Å². The lowest BCUT2D eigenvalue weighted by Crippen LogP contribution is -2.36. The first-order valence-corrected chi connectivity index (χ1v) is 8.87. The number of hydrogen-bond acceptors (Lipinski definition) is 3. The summed E-state index contributed by atoms with van der Waals surface area (Å²) >= 11 is 0. The Hall–Kier alpha value is -2.24. The third kappa shape index (κ3) is 3.72. The highest BCUT2D eigenvalue weighted by Gasteiger charge is 2.47. The van der Waals surface area contributed by atoms with Gasteiger partial charge < -0.3 is 5.32 Å². The molecule has 134 valence electrons. The van der Waals surface area contributed by atoms with Crippen LogP contribution in [0.25, 0.3) is 0 Å². The number of carbonyl (C=O) groups excluding carboxylic acids is 3. The number of likely N-dealkylation sites (tertiary alicyclic amines) is 1. The summed E-state index contributed by atoms with van der Waals surface area (Å²) in [6.07, 6.45) is 3.62. The first-order valence-electron chi connectivity index (χ1n) is 8.87. The van der Waals surface area contributed by atoms with Crippen LogP contribution in [0.3, 0.4) is 0 Å². The van der Waals surface area contributed by atoms with Gasteiger partial charge in [-0.05, 0) is 37.5 Å². The third-order valence-corrected chi connectivity index (χ3v) is 5.24. The lowest BCUT2D eigenvalue weighted by atomic mass is 9.81. The zero-order valence-corrected chi connectivity index (χ0v) is 14.3.